The molecule has 2 heterocycles. The third kappa shape index (κ3) is 5.13. The van der Waals surface area contributed by atoms with Crippen LogP contribution in [0.15, 0.2) is 48.8 Å². The maximum Gasteiger partial charge on any atom is 0.119 e. The molecule has 9 nitrogen and oxygen atoms in total. The highest BCUT2D eigenvalue weighted by molar-refractivity contribution is 6.19. The molecule has 0 saturated heterocycles. The van der Waals surface area contributed by atoms with Gasteiger partial charge in [0, 0.05) is 23.8 Å². The maximum absolute atomic E-state index is 10.0. The van der Waals surface area contributed by atoms with Crippen LogP contribution in [0.25, 0.3) is 10.9 Å². The van der Waals surface area contributed by atoms with Crippen LogP contribution in [0, 0.1) is 39.4 Å². The van der Waals surface area contributed by atoms with E-state index in [9.17, 15) is 15.8 Å². The second-order valence-electron chi connectivity index (χ2n) is 11.0. The van der Waals surface area contributed by atoms with Crippen LogP contribution in [0.2, 0.25) is 0 Å². The predicted molar refractivity (Wildman–Crippen MR) is 149 cm³/mol. The SMILES string of the molecule is [B]C(Nc1cc(C#N)c2ncc(C#N)c(NCC(C)(C)C)c2c1)(c1cccc(C#N)c1)c1cn(C2CC2)nn1. The summed E-state index contributed by atoms with van der Waals surface area (Å²) in [5, 5.41) is 45.4. The first-order valence-electron chi connectivity index (χ1n) is 12.7. The van der Waals surface area contributed by atoms with E-state index in [-0.39, 0.29) is 5.41 Å². The number of anilines is 2. The second-order valence-corrected chi connectivity index (χ2v) is 11.0. The Balaban J connectivity index is 1.67. The number of fused-ring (bicyclic) bond motifs is 1. The van der Waals surface area contributed by atoms with Gasteiger partial charge in [0.2, 0.25) is 0 Å². The normalized spacial score (nSPS) is 14.6. The van der Waals surface area contributed by atoms with E-state index in [0.29, 0.717) is 62.8 Å². The van der Waals surface area contributed by atoms with Crippen LogP contribution < -0.4 is 10.6 Å². The van der Waals surface area contributed by atoms with Crippen molar-refractivity contribution in [2.75, 3.05) is 17.2 Å². The van der Waals surface area contributed by atoms with E-state index >= 15 is 0 Å². The van der Waals surface area contributed by atoms with E-state index in [1.807, 2.05) is 23.0 Å². The van der Waals surface area contributed by atoms with Gasteiger partial charge in [-0.1, -0.05) is 38.1 Å². The summed E-state index contributed by atoms with van der Waals surface area (Å²) in [5.41, 5.74) is 2.41. The molecule has 39 heavy (non-hydrogen) atoms. The van der Waals surface area contributed by atoms with Crippen molar-refractivity contribution in [3.05, 3.63) is 76.7 Å². The van der Waals surface area contributed by atoms with Gasteiger partial charge in [-0.3, -0.25) is 4.98 Å². The monoisotopic (exact) mass is 511 g/mol. The van der Waals surface area contributed by atoms with Gasteiger partial charge in [0.15, 0.2) is 0 Å². The van der Waals surface area contributed by atoms with E-state index in [4.69, 9.17) is 7.85 Å². The third-order valence-electron chi connectivity index (χ3n) is 6.63. The lowest BCUT2D eigenvalue weighted by atomic mass is 9.69. The first-order chi connectivity index (χ1) is 18.6. The van der Waals surface area contributed by atoms with E-state index in [0.717, 1.165) is 12.8 Å². The molecule has 2 radical (unpaired) electrons. The van der Waals surface area contributed by atoms with Crippen molar-refractivity contribution in [2.24, 2.45) is 5.41 Å². The molecule has 1 atom stereocenters. The van der Waals surface area contributed by atoms with Crippen molar-refractivity contribution >= 4 is 30.1 Å². The fourth-order valence-electron chi connectivity index (χ4n) is 4.41. The average molecular weight is 511 g/mol. The summed E-state index contributed by atoms with van der Waals surface area (Å²) in [6.45, 7) is 6.88. The zero-order chi connectivity index (χ0) is 27.8. The van der Waals surface area contributed by atoms with E-state index < -0.39 is 5.44 Å². The molecular formula is C29H26BN9. The van der Waals surface area contributed by atoms with Gasteiger partial charge in [-0.2, -0.15) is 15.8 Å². The van der Waals surface area contributed by atoms with Crippen LogP contribution in [-0.4, -0.2) is 34.4 Å². The zero-order valence-electron chi connectivity index (χ0n) is 22.0. The minimum Gasteiger partial charge on any atom is -0.383 e. The lowest BCUT2D eigenvalue weighted by Gasteiger charge is -2.32. The fraction of sp³-hybridized carbons (Fsp3) is 0.310. The van der Waals surface area contributed by atoms with Gasteiger partial charge in [-0.15, -0.1) is 5.10 Å². The van der Waals surface area contributed by atoms with Crippen LogP contribution in [0.5, 0.6) is 0 Å². The summed E-state index contributed by atoms with van der Waals surface area (Å²) in [7, 11) is 7.07. The summed E-state index contributed by atoms with van der Waals surface area (Å²) in [6, 6.07) is 17.4. The van der Waals surface area contributed by atoms with Gasteiger partial charge in [0.25, 0.3) is 0 Å². The molecule has 1 unspecified atom stereocenters. The Morgan fingerprint density at radius 3 is 2.49 bits per heavy atom. The Labute approximate surface area is 228 Å². The Kier molecular flexibility index (Phi) is 6.46. The molecule has 4 aromatic rings. The zero-order valence-corrected chi connectivity index (χ0v) is 22.0. The first-order valence-corrected chi connectivity index (χ1v) is 12.7. The molecule has 2 N–H and O–H groups in total. The molecule has 0 amide bonds. The largest absolute Gasteiger partial charge is 0.383 e. The van der Waals surface area contributed by atoms with Gasteiger partial charge in [-0.05, 0) is 48.1 Å². The molecule has 190 valence electrons. The summed E-state index contributed by atoms with van der Waals surface area (Å²) >= 11 is 0. The average Bonchev–Trinajstić information content (AvgIpc) is 3.66. The van der Waals surface area contributed by atoms with E-state index in [1.165, 1.54) is 6.20 Å². The number of pyridine rings is 1. The lowest BCUT2D eigenvalue weighted by Crippen LogP contribution is -2.38. The van der Waals surface area contributed by atoms with Crippen LogP contribution in [-0.2, 0) is 5.44 Å². The molecule has 1 fully saturated rings. The lowest BCUT2D eigenvalue weighted by molar-refractivity contribution is 0.443. The summed E-state index contributed by atoms with van der Waals surface area (Å²) < 4.78 is 1.81. The molecule has 0 aliphatic heterocycles. The number of benzene rings is 2. The Bertz CT molecular complexity index is 1690. The first kappa shape index (κ1) is 25.8. The smallest absolute Gasteiger partial charge is 0.119 e. The van der Waals surface area contributed by atoms with Crippen LogP contribution in [0.4, 0.5) is 11.4 Å². The standard InChI is InChI=1S/C29H26BN9/c1-28(2,3)17-35-27-20(14-33)15-34-26-19(13-32)10-22(11-24(26)27)36-29(30,21-6-4-5-18(9-21)12-31)25-16-39(38-37-25)23-7-8-23/h4-6,9-11,15-16,23,36H,7-8,17H2,1-3H3,(H,34,35). The number of nitrogens with one attached hydrogen (secondary N) is 2. The fourth-order valence-corrected chi connectivity index (χ4v) is 4.41. The van der Waals surface area contributed by atoms with Crippen molar-refractivity contribution in [3.8, 4) is 18.2 Å². The quantitative estimate of drug-likeness (QED) is 0.340. The van der Waals surface area contributed by atoms with Gasteiger partial charge >= 0.3 is 0 Å². The number of nitriles is 3. The highest BCUT2D eigenvalue weighted by Gasteiger charge is 2.34. The predicted octanol–water partition coefficient (Wildman–Crippen LogP) is 4.72. The van der Waals surface area contributed by atoms with Gasteiger partial charge < -0.3 is 10.6 Å². The maximum atomic E-state index is 10.0. The van der Waals surface area contributed by atoms with Crippen LogP contribution >= 0.6 is 0 Å². The number of hydrogen-bond donors (Lipinski definition) is 2. The number of aromatic nitrogens is 4. The summed E-state index contributed by atoms with van der Waals surface area (Å²) in [6.07, 6.45) is 5.37. The molecule has 0 bridgehead atoms. The molecule has 10 heteroatoms. The minimum absolute atomic E-state index is 0.0538. The molecular weight excluding hydrogens is 485 g/mol. The third-order valence-corrected chi connectivity index (χ3v) is 6.63. The molecule has 1 saturated carbocycles. The molecule has 0 spiro atoms. The number of hydrogen-bond acceptors (Lipinski definition) is 8. The Morgan fingerprint density at radius 1 is 1.05 bits per heavy atom. The molecule has 1 aliphatic carbocycles. The summed E-state index contributed by atoms with van der Waals surface area (Å²) in [4.78, 5) is 4.43. The Hall–Kier alpha value is -4.88. The van der Waals surface area contributed by atoms with E-state index in [1.54, 1.807) is 24.3 Å². The molecule has 2 aromatic carbocycles. The van der Waals surface area contributed by atoms with Gasteiger partial charge in [-0.25, -0.2) is 4.68 Å². The number of rotatable bonds is 7. The second kappa shape index (κ2) is 9.78. The number of nitrogens with zero attached hydrogens (tertiary/aromatic N) is 7. The van der Waals surface area contributed by atoms with Crippen molar-refractivity contribution in [3.63, 3.8) is 0 Å². The Morgan fingerprint density at radius 2 is 1.82 bits per heavy atom. The van der Waals surface area contributed by atoms with Gasteiger partial charge in [0.1, 0.15) is 25.7 Å². The summed E-state index contributed by atoms with van der Waals surface area (Å²) in [5.74, 6) is 0. The van der Waals surface area contributed by atoms with Crippen molar-refractivity contribution in [2.45, 2.75) is 45.1 Å². The molecule has 5 rings (SSSR count). The highest BCUT2D eigenvalue weighted by atomic mass is 15.4. The molecule has 1 aliphatic rings. The topological polar surface area (TPSA) is 139 Å². The molecule has 2 aromatic heterocycles. The van der Waals surface area contributed by atoms with Crippen LogP contribution in [0.3, 0.4) is 0 Å². The van der Waals surface area contributed by atoms with Crippen LogP contribution in [0.1, 0.15) is 67.6 Å². The van der Waals surface area contributed by atoms with E-state index in [2.05, 4.69) is 64.9 Å². The van der Waals surface area contributed by atoms with Crippen molar-refractivity contribution < 1.29 is 0 Å². The van der Waals surface area contributed by atoms with Crippen molar-refractivity contribution in [1.82, 2.24) is 20.0 Å². The highest BCUT2D eigenvalue weighted by Crippen LogP contribution is 2.38. The van der Waals surface area contributed by atoms with Crippen molar-refractivity contribution in [1.29, 1.82) is 15.8 Å². The minimum atomic E-state index is -1.38. The van der Waals surface area contributed by atoms with Gasteiger partial charge in [0.05, 0.1) is 51.6 Å².